The van der Waals surface area contributed by atoms with Crippen LogP contribution in [-0.2, 0) is 4.74 Å². The zero-order valence-corrected chi connectivity index (χ0v) is 6.79. The van der Waals surface area contributed by atoms with Gasteiger partial charge in [0.2, 0.25) is 5.79 Å². The Morgan fingerprint density at radius 3 is 2.31 bits per heavy atom. The molecule has 0 aromatic rings. The lowest BCUT2D eigenvalue weighted by molar-refractivity contribution is -0.331. The van der Waals surface area contributed by atoms with Crippen LogP contribution >= 0.6 is 0 Å². The molecule has 4 atom stereocenters. The van der Waals surface area contributed by atoms with E-state index in [9.17, 15) is 5.11 Å². The van der Waals surface area contributed by atoms with E-state index in [0.29, 0.717) is 0 Å². The fourth-order valence-electron chi connectivity index (χ4n) is 1.03. The van der Waals surface area contributed by atoms with Crippen LogP contribution in [0.3, 0.4) is 0 Å². The highest BCUT2D eigenvalue weighted by molar-refractivity contribution is 4.90. The van der Waals surface area contributed by atoms with Crippen molar-refractivity contribution in [2.24, 2.45) is 0 Å². The summed E-state index contributed by atoms with van der Waals surface area (Å²) in [6.45, 7) is -1.16. The molecule has 0 spiro atoms. The number of hydrogen-bond acceptors (Lipinski definition) is 6. The van der Waals surface area contributed by atoms with Crippen LogP contribution in [0.2, 0.25) is 0 Å². The molecule has 0 aromatic carbocycles. The predicted molar refractivity (Wildman–Crippen MR) is 39.6 cm³/mol. The SMILES string of the molecule is O.OC[C@]1(O)OC[C@@H](O)[C@@H](O)[C@@H]1O. The fraction of sp³-hybridized carbons (Fsp3) is 1.00. The highest BCUT2D eigenvalue weighted by Crippen LogP contribution is 2.22. The molecular weight excluding hydrogens is 184 g/mol. The standard InChI is InChI=1S/C6H12O6.H2O/c7-2-6(11)5(10)4(9)3(8)1-12-6;/h3-5,7-11H,1-2H2;1H2/t3-,4-,5+,6+;/m1./s1. The Balaban J connectivity index is 0.00000144. The molecule has 0 unspecified atom stereocenters. The lowest BCUT2D eigenvalue weighted by Gasteiger charge is -2.40. The maximum atomic E-state index is 9.24. The van der Waals surface area contributed by atoms with Crippen LogP contribution < -0.4 is 0 Å². The molecule has 0 aliphatic carbocycles. The van der Waals surface area contributed by atoms with Crippen molar-refractivity contribution in [2.75, 3.05) is 13.2 Å². The van der Waals surface area contributed by atoms with E-state index in [1.807, 2.05) is 0 Å². The highest BCUT2D eigenvalue weighted by atomic mass is 16.7. The molecule has 1 rings (SSSR count). The van der Waals surface area contributed by atoms with Gasteiger partial charge in [-0.3, -0.25) is 0 Å². The smallest absolute Gasteiger partial charge is 0.218 e. The Labute approximate surface area is 74.1 Å². The Kier molecular flexibility index (Phi) is 4.20. The van der Waals surface area contributed by atoms with Crippen molar-refractivity contribution in [3.8, 4) is 0 Å². The third-order valence-corrected chi connectivity index (χ3v) is 1.91. The fourth-order valence-corrected chi connectivity index (χ4v) is 1.03. The number of aliphatic hydroxyl groups is 5. The van der Waals surface area contributed by atoms with Crippen LogP contribution in [0.1, 0.15) is 0 Å². The number of hydrogen-bond donors (Lipinski definition) is 5. The van der Waals surface area contributed by atoms with E-state index in [4.69, 9.17) is 20.4 Å². The van der Waals surface area contributed by atoms with Crippen molar-refractivity contribution >= 4 is 0 Å². The van der Waals surface area contributed by atoms with Crippen LogP contribution in [0, 0.1) is 0 Å². The monoisotopic (exact) mass is 198 g/mol. The summed E-state index contributed by atoms with van der Waals surface area (Å²) < 4.78 is 4.56. The van der Waals surface area contributed by atoms with Crippen molar-refractivity contribution < 1.29 is 35.7 Å². The van der Waals surface area contributed by atoms with Crippen molar-refractivity contribution in [2.45, 2.75) is 24.1 Å². The maximum absolute atomic E-state index is 9.24. The minimum Gasteiger partial charge on any atom is -0.412 e. The van der Waals surface area contributed by atoms with E-state index >= 15 is 0 Å². The first-order valence-electron chi connectivity index (χ1n) is 3.52. The van der Waals surface area contributed by atoms with Gasteiger partial charge < -0.3 is 35.7 Å². The summed E-state index contributed by atoms with van der Waals surface area (Å²) in [5, 5.41) is 45.0. The maximum Gasteiger partial charge on any atom is 0.218 e. The molecular formula is C6H14O7. The molecule has 1 fully saturated rings. The molecule has 0 amide bonds. The van der Waals surface area contributed by atoms with Gasteiger partial charge in [0.1, 0.15) is 18.3 Å². The van der Waals surface area contributed by atoms with Gasteiger partial charge in [-0.2, -0.15) is 0 Å². The molecule has 7 nitrogen and oxygen atoms in total. The normalized spacial score (nSPS) is 45.5. The molecule has 1 saturated heterocycles. The number of rotatable bonds is 1. The van der Waals surface area contributed by atoms with Gasteiger partial charge in [-0.05, 0) is 0 Å². The van der Waals surface area contributed by atoms with Crippen LogP contribution in [0.15, 0.2) is 0 Å². The van der Waals surface area contributed by atoms with Crippen molar-refractivity contribution in [3.63, 3.8) is 0 Å². The number of aliphatic hydroxyl groups excluding tert-OH is 4. The predicted octanol–water partition coefficient (Wildman–Crippen LogP) is -4.04. The molecule has 7 heteroatoms. The van der Waals surface area contributed by atoms with Crippen molar-refractivity contribution in [1.29, 1.82) is 0 Å². The summed E-state index contributed by atoms with van der Waals surface area (Å²) in [5.74, 6) is -2.17. The molecule has 80 valence electrons. The Morgan fingerprint density at radius 2 is 1.85 bits per heavy atom. The van der Waals surface area contributed by atoms with E-state index in [-0.39, 0.29) is 12.1 Å². The minimum atomic E-state index is -2.17. The molecule has 1 aliphatic heterocycles. The van der Waals surface area contributed by atoms with E-state index in [0.717, 1.165) is 0 Å². The molecule has 0 radical (unpaired) electrons. The van der Waals surface area contributed by atoms with Gasteiger partial charge in [0.05, 0.1) is 13.2 Å². The molecule has 0 bridgehead atoms. The summed E-state index contributed by atoms with van der Waals surface area (Å²) in [5.41, 5.74) is 0. The van der Waals surface area contributed by atoms with Gasteiger partial charge in [0, 0.05) is 0 Å². The third kappa shape index (κ3) is 2.15. The van der Waals surface area contributed by atoms with Crippen molar-refractivity contribution in [3.05, 3.63) is 0 Å². The Morgan fingerprint density at radius 1 is 1.31 bits per heavy atom. The molecule has 13 heavy (non-hydrogen) atoms. The topological polar surface area (TPSA) is 142 Å². The second-order valence-corrected chi connectivity index (χ2v) is 2.82. The summed E-state index contributed by atoms with van der Waals surface area (Å²) in [6.07, 6.45) is -4.45. The number of ether oxygens (including phenoxy) is 1. The van der Waals surface area contributed by atoms with E-state index < -0.39 is 30.7 Å². The van der Waals surface area contributed by atoms with Gasteiger partial charge in [-0.25, -0.2) is 0 Å². The minimum absolute atomic E-state index is 0. The third-order valence-electron chi connectivity index (χ3n) is 1.91. The lowest BCUT2D eigenvalue weighted by Crippen LogP contribution is -2.62. The van der Waals surface area contributed by atoms with Crippen LogP contribution in [0.4, 0.5) is 0 Å². The quantitative estimate of drug-likeness (QED) is 0.290. The molecule has 7 N–H and O–H groups in total. The molecule has 1 aliphatic rings. The van der Waals surface area contributed by atoms with Crippen LogP contribution in [0.5, 0.6) is 0 Å². The second-order valence-electron chi connectivity index (χ2n) is 2.82. The Hall–Kier alpha value is -0.280. The first-order chi connectivity index (χ1) is 5.51. The van der Waals surface area contributed by atoms with Crippen LogP contribution in [0.25, 0.3) is 0 Å². The highest BCUT2D eigenvalue weighted by Gasteiger charge is 2.47. The van der Waals surface area contributed by atoms with Gasteiger partial charge in [-0.1, -0.05) is 0 Å². The molecule has 0 saturated carbocycles. The van der Waals surface area contributed by atoms with E-state index in [2.05, 4.69) is 4.74 Å². The first kappa shape index (κ1) is 12.7. The summed E-state index contributed by atoms with van der Waals surface area (Å²) >= 11 is 0. The average Bonchev–Trinajstić information content (AvgIpc) is 2.09. The molecule has 0 aromatic heterocycles. The van der Waals surface area contributed by atoms with Gasteiger partial charge in [-0.15, -0.1) is 0 Å². The zero-order valence-electron chi connectivity index (χ0n) is 6.79. The van der Waals surface area contributed by atoms with E-state index in [1.165, 1.54) is 0 Å². The van der Waals surface area contributed by atoms with Gasteiger partial charge in [0.15, 0.2) is 0 Å². The summed E-state index contributed by atoms with van der Waals surface area (Å²) in [4.78, 5) is 0. The molecule has 1 heterocycles. The second kappa shape index (κ2) is 4.29. The largest absolute Gasteiger partial charge is 0.412 e. The lowest BCUT2D eigenvalue weighted by atomic mass is 9.98. The van der Waals surface area contributed by atoms with Crippen molar-refractivity contribution in [1.82, 2.24) is 0 Å². The summed E-state index contributed by atoms with van der Waals surface area (Å²) in [7, 11) is 0. The summed E-state index contributed by atoms with van der Waals surface area (Å²) in [6, 6.07) is 0. The van der Waals surface area contributed by atoms with Crippen LogP contribution in [-0.4, -0.2) is 68.3 Å². The first-order valence-corrected chi connectivity index (χ1v) is 3.52. The van der Waals surface area contributed by atoms with Gasteiger partial charge in [0.25, 0.3) is 0 Å². The Bertz CT molecular complexity index is 163. The van der Waals surface area contributed by atoms with Gasteiger partial charge >= 0.3 is 0 Å². The zero-order chi connectivity index (χ0) is 9.35. The average molecular weight is 198 g/mol. The van der Waals surface area contributed by atoms with E-state index in [1.54, 1.807) is 0 Å².